The van der Waals surface area contributed by atoms with E-state index in [2.05, 4.69) is 38.8 Å². The number of benzene rings is 1. The van der Waals surface area contributed by atoms with Crippen LogP contribution in [0.25, 0.3) is 10.9 Å². The largest absolute Gasteiger partial charge is 0.530 e. The zero-order chi connectivity index (χ0) is 25.1. The van der Waals surface area contributed by atoms with Crippen LogP contribution in [0.4, 0.5) is 4.79 Å². The number of carbonyl (C=O) groups is 1. The maximum atomic E-state index is 11.4. The Bertz CT molecular complexity index is 1010. The quantitative estimate of drug-likeness (QED) is 0.432. The predicted molar refractivity (Wildman–Crippen MR) is 138 cm³/mol. The number of likely N-dealkylation sites (tertiary alicyclic amines) is 1. The monoisotopic (exact) mass is 505 g/mol. The van der Waals surface area contributed by atoms with Crippen LogP contribution < -0.4 is 9.84 Å². The van der Waals surface area contributed by atoms with Crippen molar-refractivity contribution in [2.24, 2.45) is 5.41 Å². The van der Waals surface area contributed by atoms with Gasteiger partial charge in [-0.05, 0) is 79.4 Å². The lowest BCUT2D eigenvalue weighted by atomic mass is 9.75. The minimum absolute atomic E-state index is 0.0472. The molecule has 0 bridgehead atoms. The van der Waals surface area contributed by atoms with Crippen LogP contribution in [0.5, 0.6) is 5.75 Å². The van der Waals surface area contributed by atoms with Gasteiger partial charge < -0.3 is 24.0 Å². The smallest absolute Gasteiger partial charge is 0.192 e. The third kappa shape index (κ3) is 6.04. The second-order valence-electron chi connectivity index (χ2n) is 11.1. The fraction of sp³-hybridized carbons (Fsp3) is 0.615. The fourth-order valence-corrected chi connectivity index (χ4v) is 5.75. The van der Waals surface area contributed by atoms with Crippen molar-refractivity contribution in [1.82, 2.24) is 9.88 Å². The molecule has 2 heterocycles. The summed E-state index contributed by atoms with van der Waals surface area (Å²) in [5.41, 5.74) is 1.94. The van der Waals surface area contributed by atoms with Gasteiger partial charge in [-0.2, -0.15) is 0 Å². The Hall–Kier alpha value is -1.83. The van der Waals surface area contributed by atoms with Crippen LogP contribution in [0.1, 0.15) is 52.0 Å². The molecular weight excluding hydrogens is 468 g/mol. The van der Waals surface area contributed by atoms with Crippen LogP contribution in [0, 0.1) is 5.41 Å². The van der Waals surface area contributed by atoms with E-state index in [0.29, 0.717) is 24.7 Å². The van der Waals surface area contributed by atoms with E-state index < -0.39 is 14.4 Å². The van der Waals surface area contributed by atoms with Crippen molar-refractivity contribution >= 4 is 36.9 Å². The van der Waals surface area contributed by atoms with Gasteiger partial charge in [0.05, 0.1) is 17.6 Å². The Labute approximate surface area is 209 Å². The van der Waals surface area contributed by atoms with E-state index >= 15 is 0 Å². The highest BCUT2D eigenvalue weighted by Crippen LogP contribution is 2.42. The van der Waals surface area contributed by atoms with Gasteiger partial charge in [-0.25, -0.2) is 0 Å². The molecule has 0 atom stereocenters. The van der Waals surface area contributed by atoms with Gasteiger partial charge in [-0.3, -0.25) is 4.98 Å². The molecule has 0 radical (unpaired) electrons. The predicted octanol–water partition coefficient (Wildman–Crippen LogP) is 5.67. The molecule has 1 aromatic heterocycles. The van der Waals surface area contributed by atoms with Crippen molar-refractivity contribution in [3.05, 3.63) is 35.0 Å². The highest BCUT2D eigenvalue weighted by molar-refractivity contribution is 6.74. The molecule has 6 nitrogen and oxygen atoms in total. The lowest BCUT2D eigenvalue weighted by molar-refractivity contribution is -0.267. The molecule has 1 saturated heterocycles. The normalized spacial score (nSPS) is 16.6. The van der Waals surface area contributed by atoms with Crippen molar-refractivity contribution in [3.8, 4) is 5.75 Å². The number of nitrogens with zero attached hydrogens (tertiary/aromatic N) is 2. The number of hydrogen-bond donors (Lipinski definition) is 0. The lowest BCUT2D eigenvalue weighted by Gasteiger charge is -2.46. The van der Waals surface area contributed by atoms with Crippen LogP contribution >= 0.6 is 11.6 Å². The Morgan fingerprint density at radius 3 is 2.53 bits per heavy atom. The second kappa shape index (κ2) is 10.4. The minimum Gasteiger partial charge on any atom is -0.530 e. The van der Waals surface area contributed by atoms with Gasteiger partial charge in [0.25, 0.3) is 0 Å². The molecule has 34 heavy (non-hydrogen) atoms. The first kappa shape index (κ1) is 26.8. The number of carbonyl (C=O) groups excluding carboxylic acids is 1. The first-order valence-corrected chi connectivity index (χ1v) is 15.4. The van der Waals surface area contributed by atoms with Gasteiger partial charge >= 0.3 is 0 Å². The fourth-order valence-electron chi connectivity index (χ4n) is 4.40. The molecule has 1 fully saturated rings. The molecule has 3 rings (SSSR count). The summed E-state index contributed by atoms with van der Waals surface area (Å²) >= 11 is 6.58. The minimum atomic E-state index is -1.92. The molecule has 0 unspecified atom stereocenters. The van der Waals surface area contributed by atoms with Crippen LogP contribution in [0.15, 0.2) is 24.4 Å². The Kier molecular flexibility index (Phi) is 8.20. The molecule has 2 aromatic rings. The summed E-state index contributed by atoms with van der Waals surface area (Å²) in [6.45, 7) is 12.9. The lowest BCUT2D eigenvalue weighted by Crippen LogP contribution is -2.51. The first-order valence-electron chi connectivity index (χ1n) is 12.1. The molecule has 1 aliphatic heterocycles. The summed E-state index contributed by atoms with van der Waals surface area (Å²) in [6.07, 6.45) is 4.91. The number of carboxylic acid groups (broad SMARTS) is 1. The Balaban J connectivity index is 1.77. The van der Waals surface area contributed by atoms with Gasteiger partial charge in [0.1, 0.15) is 11.8 Å². The maximum absolute atomic E-state index is 11.4. The number of methoxy groups -OCH3 is 1. The summed E-state index contributed by atoms with van der Waals surface area (Å²) in [7, 11) is -0.262. The van der Waals surface area contributed by atoms with Crippen LogP contribution in [-0.4, -0.2) is 51.1 Å². The van der Waals surface area contributed by atoms with E-state index in [-0.39, 0.29) is 10.5 Å². The number of aryl methyl sites for hydroxylation is 1. The third-order valence-electron chi connectivity index (χ3n) is 7.90. The van der Waals surface area contributed by atoms with Gasteiger partial charge in [0.2, 0.25) is 0 Å². The van der Waals surface area contributed by atoms with Crippen molar-refractivity contribution in [2.45, 2.75) is 71.0 Å². The van der Waals surface area contributed by atoms with Gasteiger partial charge in [-0.1, -0.05) is 32.4 Å². The van der Waals surface area contributed by atoms with Gasteiger partial charge in [-0.15, -0.1) is 0 Å². The summed E-state index contributed by atoms with van der Waals surface area (Å²) < 4.78 is 12.1. The van der Waals surface area contributed by atoms with Crippen molar-refractivity contribution in [2.75, 3.05) is 26.8 Å². The SMILES string of the molecule is COc1ccc2ncc(Cl)c(CCCC3(CO[Si](C)(C)C(C)(C)C)CCN(C(=O)[O-])CC3)c2c1. The number of halogens is 1. The summed E-state index contributed by atoms with van der Waals surface area (Å²) in [6, 6.07) is 5.86. The maximum Gasteiger partial charge on any atom is 0.192 e. The number of piperidine rings is 1. The second-order valence-corrected chi connectivity index (χ2v) is 16.3. The standard InChI is InChI=1S/C26H39ClN2O4Si/c1-25(2,3)34(5,6)33-18-26(12-14-29(15-13-26)24(30)31)11-7-8-20-21-16-19(32-4)9-10-23(21)28-17-22(20)27/h9-10,16-17H,7-8,11-15,18H2,1-6H3,(H,30,31)/p-1. The zero-order valence-electron chi connectivity index (χ0n) is 21.4. The Morgan fingerprint density at radius 2 is 1.94 bits per heavy atom. The number of rotatable bonds is 8. The van der Waals surface area contributed by atoms with E-state index in [1.54, 1.807) is 13.3 Å². The number of hydrogen-bond acceptors (Lipinski definition) is 5. The molecule has 188 valence electrons. The molecular formula is C26H38ClN2O4Si-. The molecule has 0 spiro atoms. The van der Waals surface area contributed by atoms with E-state index in [1.165, 1.54) is 4.90 Å². The van der Waals surface area contributed by atoms with Gasteiger partial charge in [0.15, 0.2) is 8.32 Å². The topological polar surface area (TPSA) is 74.7 Å². The highest BCUT2D eigenvalue weighted by Gasteiger charge is 2.41. The van der Waals surface area contributed by atoms with E-state index in [0.717, 1.165) is 54.3 Å². The molecule has 0 aliphatic carbocycles. The molecule has 1 aliphatic rings. The van der Waals surface area contributed by atoms with E-state index in [4.69, 9.17) is 20.8 Å². The third-order valence-corrected chi connectivity index (χ3v) is 12.7. The summed E-state index contributed by atoms with van der Waals surface area (Å²) in [5, 5.41) is 13.2. The van der Waals surface area contributed by atoms with Crippen LogP contribution in [-0.2, 0) is 10.8 Å². The average molecular weight is 506 g/mol. The van der Waals surface area contributed by atoms with E-state index in [1.807, 2.05) is 18.2 Å². The number of pyridine rings is 1. The number of fused-ring (bicyclic) bond motifs is 1. The van der Waals surface area contributed by atoms with Crippen LogP contribution in [0.3, 0.4) is 0 Å². The molecule has 1 amide bonds. The van der Waals surface area contributed by atoms with Crippen molar-refractivity contribution in [1.29, 1.82) is 0 Å². The highest BCUT2D eigenvalue weighted by atomic mass is 35.5. The molecule has 0 saturated carbocycles. The summed E-state index contributed by atoms with van der Waals surface area (Å²) in [5.74, 6) is 0.784. The summed E-state index contributed by atoms with van der Waals surface area (Å²) in [4.78, 5) is 17.3. The van der Waals surface area contributed by atoms with Gasteiger partial charge in [0, 0.05) is 31.3 Å². The Morgan fingerprint density at radius 1 is 1.26 bits per heavy atom. The van der Waals surface area contributed by atoms with Crippen molar-refractivity contribution < 1.29 is 19.1 Å². The molecule has 8 heteroatoms. The zero-order valence-corrected chi connectivity index (χ0v) is 23.1. The molecule has 1 aromatic carbocycles. The number of amides is 1. The number of aromatic nitrogens is 1. The number of ether oxygens (including phenoxy) is 1. The first-order chi connectivity index (χ1) is 15.9. The van der Waals surface area contributed by atoms with Crippen molar-refractivity contribution in [3.63, 3.8) is 0 Å². The van der Waals surface area contributed by atoms with Crippen LogP contribution in [0.2, 0.25) is 23.2 Å². The average Bonchev–Trinajstić information content (AvgIpc) is 2.78. The van der Waals surface area contributed by atoms with E-state index in [9.17, 15) is 9.90 Å². The molecule has 0 N–H and O–H groups in total.